The van der Waals surface area contributed by atoms with E-state index in [9.17, 15) is 8.42 Å². The highest BCUT2D eigenvalue weighted by molar-refractivity contribution is 7.89. The van der Waals surface area contributed by atoms with Crippen LogP contribution in [-0.2, 0) is 16.4 Å². The lowest BCUT2D eigenvalue weighted by Crippen LogP contribution is -2.41. The van der Waals surface area contributed by atoms with E-state index < -0.39 is 10.0 Å². The lowest BCUT2D eigenvalue weighted by molar-refractivity contribution is 0.246. The first-order valence-electron chi connectivity index (χ1n) is 8.39. The molecule has 1 saturated carbocycles. The topological polar surface area (TPSA) is 76.3 Å². The monoisotopic (exact) mass is 327 g/mol. The SMILES string of the molecule is CCCCS(=O)(=O)N1CCCC(Cc2nc(C3CC3)no2)C1. The summed E-state index contributed by atoms with van der Waals surface area (Å²) >= 11 is 0. The average molecular weight is 327 g/mol. The number of sulfonamides is 1. The van der Waals surface area contributed by atoms with E-state index in [2.05, 4.69) is 10.1 Å². The van der Waals surface area contributed by atoms with Gasteiger partial charge in [0, 0.05) is 25.4 Å². The minimum atomic E-state index is -3.10. The molecular weight excluding hydrogens is 302 g/mol. The molecule has 7 heteroatoms. The van der Waals surface area contributed by atoms with E-state index in [0.717, 1.165) is 44.3 Å². The van der Waals surface area contributed by atoms with Crippen LogP contribution >= 0.6 is 0 Å². The predicted octanol–water partition coefficient (Wildman–Crippen LogP) is 2.33. The van der Waals surface area contributed by atoms with Crippen LogP contribution in [0.3, 0.4) is 0 Å². The number of unbranched alkanes of at least 4 members (excludes halogenated alkanes) is 1. The molecule has 0 amide bonds. The second-order valence-electron chi connectivity index (χ2n) is 6.56. The maximum Gasteiger partial charge on any atom is 0.226 e. The average Bonchev–Trinajstić information content (AvgIpc) is 3.26. The maximum absolute atomic E-state index is 12.3. The van der Waals surface area contributed by atoms with Crippen LogP contribution in [0.25, 0.3) is 0 Å². The number of hydrogen-bond donors (Lipinski definition) is 0. The predicted molar refractivity (Wildman–Crippen MR) is 83.0 cm³/mol. The molecule has 1 unspecified atom stereocenters. The highest BCUT2D eigenvalue weighted by atomic mass is 32.2. The quantitative estimate of drug-likeness (QED) is 0.768. The normalized spacial score (nSPS) is 23.8. The first-order valence-corrected chi connectivity index (χ1v) is 9.99. The van der Waals surface area contributed by atoms with Gasteiger partial charge in [0.2, 0.25) is 15.9 Å². The molecule has 3 rings (SSSR count). The number of nitrogens with zero attached hydrogens (tertiary/aromatic N) is 3. The first-order chi connectivity index (χ1) is 10.6. The largest absolute Gasteiger partial charge is 0.339 e. The van der Waals surface area contributed by atoms with Crippen molar-refractivity contribution in [1.82, 2.24) is 14.4 Å². The van der Waals surface area contributed by atoms with Gasteiger partial charge in [0.25, 0.3) is 0 Å². The maximum atomic E-state index is 12.3. The summed E-state index contributed by atoms with van der Waals surface area (Å²) in [5.41, 5.74) is 0. The molecule has 2 fully saturated rings. The summed E-state index contributed by atoms with van der Waals surface area (Å²) in [6.07, 6.45) is 6.60. The van der Waals surface area contributed by atoms with Crippen LogP contribution in [0.15, 0.2) is 4.52 Å². The van der Waals surface area contributed by atoms with Crippen molar-refractivity contribution in [2.24, 2.45) is 5.92 Å². The zero-order valence-corrected chi connectivity index (χ0v) is 14.0. The number of rotatable bonds is 7. The van der Waals surface area contributed by atoms with Crippen LogP contribution in [-0.4, -0.2) is 41.7 Å². The fraction of sp³-hybridized carbons (Fsp3) is 0.867. The van der Waals surface area contributed by atoms with E-state index in [1.807, 2.05) is 6.92 Å². The Morgan fingerprint density at radius 3 is 2.86 bits per heavy atom. The molecular formula is C15H25N3O3S. The molecule has 1 aliphatic carbocycles. The molecule has 0 N–H and O–H groups in total. The Bertz CT molecular complexity index is 595. The lowest BCUT2D eigenvalue weighted by Gasteiger charge is -2.31. The van der Waals surface area contributed by atoms with Gasteiger partial charge in [0.15, 0.2) is 5.82 Å². The summed E-state index contributed by atoms with van der Waals surface area (Å²) in [5.74, 6) is 2.55. The molecule has 0 aromatic carbocycles. The Morgan fingerprint density at radius 1 is 1.32 bits per heavy atom. The van der Waals surface area contributed by atoms with Gasteiger partial charge in [-0.3, -0.25) is 0 Å². The fourth-order valence-electron chi connectivity index (χ4n) is 3.01. The van der Waals surface area contributed by atoms with Crippen molar-refractivity contribution < 1.29 is 12.9 Å². The highest BCUT2D eigenvalue weighted by Gasteiger charge is 2.31. The van der Waals surface area contributed by atoms with Gasteiger partial charge >= 0.3 is 0 Å². The van der Waals surface area contributed by atoms with E-state index in [1.165, 1.54) is 0 Å². The molecule has 2 aliphatic rings. The molecule has 1 aliphatic heterocycles. The third-order valence-corrected chi connectivity index (χ3v) is 6.44. The molecule has 6 nitrogen and oxygen atoms in total. The van der Waals surface area contributed by atoms with Gasteiger partial charge in [-0.2, -0.15) is 4.98 Å². The van der Waals surface area contributed by atoms with Crippen LogP contribution < -0.4 is 0 Å². The summed E-state index contributed by atoms with van der Waals surface area (Å²) in [5, 5.41) is 4.03. The molecule has 0 spiro atoms. The van der Waals surface area contributed by atoms with Crippen LogP contribution in [0, 0.1) is 5.92 Å². The second-order valence-corrected chi connectivity index (χ2v) is 8.65. The molecule has 22 heavy (non-hydrogen) atoms. The van der Waals surface area contributed by atoms with Crippen molar-refractivity contribution >= 4 is 10.0 Å². The fourth-order valence-corrected chi connectivity index (χ4v) is 4.76. The van der Waals surface area contributed by atoms with Crippen LogP contribution in [0.4, 0.5) is 0 Å². The molecule has 2 heterocycles. The molecule has 1 saturated heterocycles. The third-order valence-electron chi connectivity index (χ3n) is 4.52. The van der Waals surface area contributed by atoms with Gasteiger partial charge in [0.05, 0.1) is 5.75 Å². The summed E-state index contributed by atoms with van der Waals surface area (Å²) in [7, 11) is -3.10. The Labute approximate surface area is 132 Å². The summed E-state index contributed by atoms with van der Waals surface area (Å²) in [6.45, 7) is 3.26. The molecule has 1 aromatic rings. The van der Waals surface area contributed by atoms with Gasteiger partial charge in [-0.1, -0.05) is 18.5 Å². The van der Waals surface area contributed by atoms with Crippen molar-refractivity contribution in [3.63, 3.8) is 0 Å². The van der Waals surface area contributed by atoms with Gasteiger partial charge in [-0.15, -0.1) is 0 Å². The van der Waals surface area contributed by atoms with Gasteiger partial charge < -0.3 is 4.52 Å². The summed E-state index contributed by atoms with van der Waals surface area (Å²) < 4.78 is 31.6. The van der Waals surface area contributed by atoms with E-state index in [1.54, 1.807) is 4.31 Å². The minimum Gasteiger partial charge on any atom is -0.339 e. The number of piperidine rings is 1. The summed E-state index contributed by atoms with van der Waals surface area (Å²) in [4.78, 5) is 4.46. The third kappa shape index (κ3) is 3.87. The van der Waals surface area contributed by atoms with Crippen LogP contribution in [0.5, 0.6) is 0 Å². The van der Waals surface area contributed by atoms with Gasteiger partial charge in [-0.25, -0.2) is 12.7 Å². The molecule has 1 atom stereocenters. The molecule has 0 bridgehead atoms. The zero-order valence-electron chi connectivity index (χ0n) is 13.2. The van der Waals surface area contributed by atoms with Gasteiger partial charge in [0.1, 0.15) is 0 Å². The van der Waals surface area contributed by atoms with E-state index >= 15 is 0 Å². The number of aromatic nitrogens is 2. The standard InChI is InChI=1S/C15H25N3O3S/c1-2-3-9-22(19,20)18-8-4-5-12(11-18)10-14-16-15(17-21-14)13-6-7-13/h12-13H,2-11H2,1H3. The molecule has 1 aromatic heterocycles. The minimum absolute atomic E-state index is 0.266. The Morgan fingerprint density at radius 2 is 2.14 bits per heavy atom. The Kier molecular flexibility index (Phi) is 4.82. The van der Waals surface area contributed by atoms with E-state index in [4.69, 9.17) is 4.52 Å². The van der Waals surface area contributed by atoms with Gasteiger partial charge in [-0.05, 0) is 38.0 Å². The van der Waals surface area contributed by atoms with Crippen molar-refractivity contribution in [1.29, 1.82) is 0 Å². The Hall–Kier alpha value is -0.950. The second kappa shape index (κ2) is 6.66. The number of hydrogen-bond acceptors (Lipinski definition) is 5. The lowest BCUT2D eigenvalue weighted by atomic mass is 9.96. The van der Waals surface area contributed by atoms with Crippen LogP contribution in [0.2, 0.25) is 0 Å². The zero-order chi connectivity index (χ0) is 15.6. The van der Waals surface area contributed by atoms with E-state index in [-0.39, 0.29) is 11.7 Å². The molecule has 124 valence electrons. The summed E-state index contributed by atoms with van der Waals surface area (Å²) in [6, 6.07) is 0. The van der Waals surface area contributed by atoms with Crippen LogP contribution in [0.1, 0.15) is 63.1 Å². The molecule has 0 radical (unpaired) electrons. The van der Waals surface area contributed by atoms with Crippen molar-refractivity contribution in [2.75, 3.05) is 18.8 Å². The first kappa shape index (κ1) is 15.9. The highest BCUT2D eigenvalue weighted by Crippen LogP contribution is 2.38. The Balaban J connectivity index is 1.57. The van der Waals surface area contributed by atoms with Crippen molar-refractivity contribution in [2.45, 2.75) is 57.8 Å². The smallest absolute Gasteiger partial charge is 0.226 e. The van der Waals surface area contributed by atoms with E-state index in [0.29, 0.717) is 31.3 Å². The van der Waals surface area contributed by atoms with Crippen molar-refractivity contribution in [3.8, 4) is 0 Å². The van der Waals surface area contributed by atoms with Crippen molar-refractivity contribution in [3.05, 3.63) is 11.7 Å².